The van der Waals surface area contributed by atoms with E-state index < -0.39 is 12.0 Å². The molecule has 0 bridgehead atoms. The van der Waals surface area contributed by atoms with Crippen molar-refractivity contribution >= 4 is 17.4 Å². The van der Waals surface area contributed by atoms with Gasteiger partial charge < -0.3 is 10.6 Å². The average molecular weight is 309 g/mol. The molecule has 0 aliphatic carbocycles. The molecule has 8 heteroatoms. The number of nitrogens with zero attached hydrogens (tertiary/aromatic N) is 2. The Balaban J connectivity index is 1.90. The second-order valence-corrected chi connectivity index (χ2v) is 5.19. The normalized spacial score (nSPS) is 17.2. The van der Waals surface area contributed by atoms with Crippen LogP contribution in [0.3, 0.4) is 0 Å². The van der Waals surface area contributed by atoms with Gasteiger partial charge in [0.2, 0.25) is 5.82 Å². The smallest absolute Gasteiger partial charge is 0.370 e. The first kappa shape index (κ1) is 15.3. The Morgan fingerprint density at radius 3 is 2.65 bits per heavy atom. The summed E-state index contributed by atoms with van der Waals surface area (Å²) in [5.74, 6) is -0.497. The largest absolute Gasteiger partial charge is 0.451 e. The van der Waals surface area contributed by atoms with Gasteiger partial charge in [0, 0.05) is 12.6 Å². The number of anilines is 1. The van der Waals surface area contributed by atoms with Crippen LogP contribution in [0.25, 0.3) is 0 Å². The molecule has 4 nitrogen and oxygen atoms in total. The van der Waals surface area contributed by atoms with Crippen LogP contribution in [-0.4, -0.2) is 29.6 Å². The van der Waals surface area contributed by atoms with Crippen LogP contribution >= 0.6 is 11.6 Å². The molecule has 0 spiro atoms. The zero-order valence-electron chi connectivity index (χ0n) is 10.8. The van der Waals surface area contributed by atoms with Crippen molar-refractivity contribution in [3.63, 3.8) is 0 Å². The second-order valence-electron chi connectivity index (χ2n) is 4.81. The zero-order valence-corrected chi connectivity index (χ0v) is 11.6. The summed E-state index contributed by atoms with van der Waals surface area (Å²) in [4.78, 5) is 6.63. The van der Waals surface area contributed by atoms with E-state index >= 15 is 0 Å². The standard InChI is InChI=1S/C12H16ClF3N4/c13-9-7-10(20-11(19-9)12(14,15)16)18-6-3-8-1-4-17-5-2-8/h7-8,17H,1-6H2,(H,18,19,20). The Morgan fingerprint density at radius 2 is 2.00 bits per heavy atom. The summed E-state index contributed by atoms with van der Waals surface area (Å²) >= 11 is 5.58. The molecule has 20 heavy (non-hydrogen) atoms. The molecule has 2 N–H and O–H groups in total. The van der Waals surface area contributed by atoms with Crippen LogP contribution < -0.4 is 10.6 Å². The second kappa shape index (κ2) is 6.58. The number of rotatable bonds is 4. The highest BCUT2D eigenvalue weighted by Crippen LogP contribution is 2.28. The fourth-order valence-corrected chi connectivity index (χ4v) is 2.39. The molecule has 0 radical (unpaired) electrons. The highest BCUT2D eigenvalue weighted by molar-refractivity contribution is 6.29. The lowest BCUT2D eigenvalue weighted by Gasteiger charge is -2.22. The van der Waals surface area contributed by atoms with Crippen molar-refractivity contribution < 1.29 is 13.2 Å². The van der Waals surface area contributed by atoms with Gasteiger partial charge in [-0.3, -0.25) is 0 Å². The van der Waals surface area contributed by atoms with Crippen molar-refractivity contribution in [2.24, 2.45) is 5.92 Å². The Labute approximate surface area is 120 Å². The molecule has 2 heterocycles. The molecule has 112 valence electrons. The molecule has 0 aromatic carbocycles. The van der Waals surface area contributed by atoms with Gasteiger partial charge in [-0.25, -0.2) is 9.97 Å². The Bertz CT molecular complexity index is 447. The topological polar surface area (TPSA) is 49.8 Å². The van der Waals surface area contributed by atoms with E-state index in [0.717, 1.165) is 32.4 Å². The van der Waals surface area contributed by atoms with E-state index in [1.807, 2.05) is 0 Å². The summed E-state index contributed by atoms with van der Waals surface area (Å²) in [6.45, 7) is 2.58. The van der Waals surface area contributed by atoms with E-state index in [2.05, 4.69) is 20.6 Å². The van der Waals surface area contributed by atoms with Gasteiger partial charge in [0.05, 0.1) is 0 Å². The molecule has 1 aliphatic heterocycles. The molecule has 1 aromatic heterocycles. The molecule has 1 aromatic rings. The van der Waals surface area contributed by atoms with Crippen molar-refractivity contribution in [3.8, 4) is 0 Å². The summed E-state index contributed by atoms with van der Waals surface area (Å²) in [5, 5.41) is 5.95. The van der Waals surface area contributed by atoms with Gasteiger partial charge in [-0.15, -0.1) is 0 Å². The Hall–Kier alpha value is -1.08. The van der Waals surface area contributed by atoms with E-state index in [-0.39, 0.29) is 11.0 Å². The van der Waals surface area contributed by atoms with Crippen LogP contribution in [0, 0.1) is 5.92 Å². The molecule has 1 aliphatic rings. The van der Waals surface area contributed by atoms with Crippen LogP contribution in [0.2, 0.25) is 5.15 Å². The van der Waals surface area contributed by atoms with Crippen molar-refractivity contribution in [2.75, 3.05) is 25.0 Å². The van der Waals surface area contributed by atoms with Gasteiger partial charge in [0.15, 0.2) is 0 Å². The fourth-order valence-electron chi connectivity index (χ4n) is 2.21. The highest BCUT2D eigenvalue weighted by atomic mass is 35.5. The summed E-state index contributed by atoms with van der Waals surface area (Å²) in [5.41, 5.74) is 0. The minimum atomic E-state index is -4.59. The molecule has 0 unspecified atom stereocenters. The van der Waals surface area contributed by atoms with Crippen LogP contribution in [0.15, 0.2) is 6.07 Å². The molecule has 0 saturated carbocycles. The minimum absolute atomic E-state index is 0.117. The van der Waals surface area contributed by atoms with Gasteiger partial charge >= 0.3 is 6.18 Å². The molecular weight excluding hydrogens is 293 g/mol. The van der Waals surface area contributed by atoms with Crippen LogP contribution in [-0.2, 0) is 6.18 Å². The number of nitrogens with one attached hydrogen (secondary N) is 2. The van der Waals surface area contributed by atoms with Crippen LogP contribution in [0.5, 0.6) is 0 Å². The summed E-state index contributed by atoms with van der Waals surface area (Å²) in [6, 6.07) is 1.30. The first-order valence-electron chi connectivity index (χ1n) is 6.51. The predicted octanol–water partition coefficient (Wildman–Crippen LogP) is 2.95. The van der Waals surface area contributed by atoms with E-state index in [1.165, 1.54) is 6.07 Å². The van der Waals surface area contributed by atoms with Crippen LogP contribution in [0.1, 0.15) is 25.1 Å². The predicted molar refractivity (Wildman–Crippen MR) is 70.7 cm³/mol. The molecule has 1 fully saturated rings. The Kier molecular flexibility index (Phi) is 5.04. The molecule has 0 amide bonds. The molecular formula is C12H16ClF3N4. The van der Waals surface area contributed by atoms with Gasteiger partial charge in [-0.2, -0.15) is 13.2 Å². The lowest BCUT2D eigenvalue weighted by molar-refractivity contribution is -0.144. The number of aromatic nitrogens is 2. The maximum absolute atomic E-state index is 12.5. The summed E-state index contributed by atoms with van der Waals surface area (Å²) in [7, 11) is 0. The number of halogens is 4. The van der Waals surface area contributed by atoms with E-state index in [1.54, 1.807) is 0 Å². The quantitative estimate of drug-likeness (QED) is 0.840. The summed E-state index contributed by atoms with van der Waals surface area (Å²) < 4.78 is 37.6. The SMILES string of the molecule is FC(F)(F)c1nc(Cl)cc(NCCC2CCNCC2)n1. The van der Waals surface area contributed by atoms with E-state index in [0.29, 0.717) is 12.5 Å². The molecule has 2 rings (SSSR count). The van der Waals surface area contributed by atoms with Gasteiger partial charge in [0.25, 0.3) is 0 Å². The maximum atomic E-state index is 12.5. The highest BCUT2D eigenvalue weighted by Gasteiger charge is 2.35. The number of hydrogen-bond acceptors (Lipinski definition) is 4. The molecule has 0 atom stereocenters. The first-order valence-corrected chi connectivity index (χ1v) is 6.89. The number of hydrogen-bond donors (Lipinski definition) is 2. The first-order chi connectivity index (χ1) is 9.45. The third-order valence-corrected chi connectivity index (χ3v) is 3.46. The van der Waals surface area contributed by atoms with Crippen molar-refractivity contribution in [2.45, 2.75) is 25.4 Å². The van der Waals surface area contributed by atoms with Crippen molar-refractivity contribution in [3.05, 3.63) is 17.0 Å². The van der Waals surface area contributed by atoms with E-state index in [4.69, 9.17) is 11.6 Å². The van der Waals surface area contributed by atoms with Crippen LogP contribution in [0.4, 0.5) is 19.0 Å². The van der Waals surface area contributed by atoms with Crippen molar-refractivity contribution in [1.82, 2.24) is 15.3 Å². The van der Waals surface area contributed by atoms with Gasteiger partial charge in [0.1, 0.15) is 11.0 Å². The lowest BCUT2D eigenvalue weighted by Crippen LogP contribution is -2.28. The number of piperidine rings is 1. The maximum Gasteiger partial charge on any atom is 0.451 e. The fraction of sp³-hybridized carbons (Fsp3) is 0.667. The average Bonchev–Trinajstić information content (AvgIpc) is 2.38. The Morgan fingerprint density at radius 1 is 1.30 bits per heavy atom. The summed E-state index contributed by atoms with van der Waals surface area (Å²) in [6.07, 6.45) is -1.49. The van der Waals surface area contributed by atoms with Crippen molar-refractivity contribution in [1.29, 1.82) is 0 Å². The monoisotopic (exact) mass is 308 g/mol. The van der Waals surface area contributed by atoms with E-state index in [9.17, 15) is 13.2 Å². The lowest BCUT2D eigenvalue weighted by atomic mass is 9.95. The molecule has 1 saturated heterocycles. The zero-order chi connectivity index (χ0) is 14.6. The number of alkyl halides is 3. The minimum Gasteiger partial charge on any atom is -0.370 e. The third kappa shape index (κ3) is 4.49. The van der Waals surface area contributed by atoms with Gasteiger partial charge in [-0.1, -0.05) is 11.6 Å². The third-order valence-electron chi connectivity index (χ3n) is 3.27. The van der Waals surface area contributed by atoms with Gasteiger partial charge in [-0.05, 0) is 38.3 Å².